The van der Waals surface area contributed by atoms with E-state index in [9.17, 15) is 13.9 Å². The van der Waals surface area contributed by atoms with Crippen LogP contribution in [0.3, 0.4) is 0 Å². The lowest BCUT2D eigenvalue weighted by Crippen LogP contribution is -2.03. The number of aryl methyl sites for hydroxylation is 2. The van der Waals surface area contributed by atoms with E-state index in [0.29, 0.717) is 5.56 Å². The van der Waals surface area contributed by atoms with E-state index >= 15 is 0 Å². The Kier molecular flexibility index (Phi) is 3.96. The molecule has 3 heteroatoms. The van der Waals surface area contributed by atoms with Crippen LogP contribution >= 0.6 is 0 Å². The van der Waals surface area contributed by atoms with Crippen LogP contribution in [0.15, 0.2) is 36.4 Å². The summed E-state index contributed by atoms with van der Waals surface area (Å²) in [6.45, 7) is 3.98. The maximum absolute atomic E-state index is 13.1. The number of hydrogen-bond donors (Lipinski definition) is 1. The Morgan fingerprint density at radius 3 is 2.32 bits per heavy atom. The average Bonchev–Trinajstić information content (AvgIpc) is 2.37. The van der Waals surface area contributed by atoms with E-state index in [1.807, 2.05) is 32.0 Å². The van der Waals surface area contributed by atoms with Crippen molar-refractivity contribution in [1.82, 2.24) is 0 Å². The number of aliphatic hydroxyl groups excluding tert-OH is 1. The van der Waals surface area contributed by atoms with Crippen LogP contribution in [0.25, 0.3) is 0 Å². The molecule has 0 saturated carbocycles. The number of rotatable bonds is 3. The smallest absolute Gasteiger partial charge is 0.159 e. The maximum Gasteiger partial charge on any atom is 0.159 e. The van der Waals surface area contributed by atoms with Gasteiger partial charge >= 0.3 is 0 Å². The van der Waals surface area contributed by atoms with Gasteiger partial charge in [0.1, 0.15) is 0 Å². The van der Waals surface area contributed by atoms with Crippen molar-refractivity contribution < 1.29 is 13.9 Å². The van der Waals surface area contributed by atoms with Crippen LogP contribution in [0.4, 0.5) is 8.78 Å². The molecule has 0 aliphatic carbocycles. The molecular weight excluding hydrogens is 246 g/mol. The Morgan fingerprint density at radius 1 is 0.947 bits per heavy atom. The number of halogens is 2. The number of hydrogen-bond acceptors (Lipinski definition) is 1. The number of aliphatic hydroxyl groups is 1. The lowest BCUT2D eigenvalue weighted by atomic mass is 9.98. The summed E-state index contributed by atoms with van der Waals surface area (Å²) in [5.74, 6) is -1.76. The molecule has 1 atom stereocenters. The zero-order valence-electron chi connectivity index (χ0n) is 11.0. The average molecular weight is 262 g/mol. The van der Waals surface area contributed by atoms with Gasteiger partial charge in [0.25, 0.3) is 0 Å². The third kappa shape index (κ3) is 3.18. The van der Waals surface area contributed by atoms with Crippen LogP contribution in [-0.2, 0) is 6.42 Å². The first kappa shape index (κ1) is 13.7. The van der Waals surface area contributed by atoms with Gasteiger partial charge in [0.15, 0.2) is 11.6 Å². The third-order valence-corrected chi connectivity index (χ3v) is 3.33. The van der Waals surface area contributed by atoms with Crippen molar-refractivity contribution in [2.24, 2.45) is 0 Å². The van der Waals surface area contributed by atoms with Crippen molar-refractivity contribution in [3.63, 3.8) is 0 Å². The second kappa shape index (κ2) is 5.49. The molecule has 0 heterocycles. The monoisotopic (exact) mass is 262 g/mol. The fourth-order valence-corrected chi connectivity index (χ4v) is 1.98. The van der Waals surface area contributed by atoms with Gasteiger partial charge in [-0.25, -0.2) is 8.78 Å². The van der Waals surface area contributed by atoms with Crippen LogP contribution in [0.2, 0.25) is 0 Å². The molecule has 0 saturated heterocycles. The SMILES string of the molecule is Cc1ccc(C(O)Cc2ccc(F)c(F)c2)cc1C. The molecule has 1 N–H and O–H groups in total. The van der Waals surface area contributed by atoms with Crippen LogP contribution in [-0.4, -0.2) is 5.11 Å². The van der Waals surface area contributed by atoms with E-state index in [2.05, 4.69) is 0 Å². The topological polar surface area (TPSA) is 20.2 Å². The van der Waals surface area contributed by atoms with Crippen molar-refractivity contribution in [1.29, 1.82) is 0 Å². The van der Waals surface area contributed by atoms with Gasteiger partial charge in [-0.15, -0.1) is 0 Å². The normalized spacial score (nSPS) is 12.5. The Morgan fingerprint density at radius 2 is 1.68 bits per heavy atom. The Balaban J connectivity index is 2.17. The highest BCUT2D eigenvalue weighted by Gasteiger charge is 2.11. The van der Waals surface area contributed by atoms with Gasteiger partial charge in [-0.05, 0) is 48.2 Å². The summed E-state index contributed by atoms with van der Waals surface area (Å²) in [7, 11) is 0. The van der Waals surface area contributed by atoms with Gasteiger partial charge in [0, 0.05) is 6.42 Å². The minimum Gasteiger partial charge on any atom is -0.388 e. The first-order valence-corrected chi connectivity index (χ1v) is 6.16. The minimum atomic E-state index is -0.884. The molecule has 0 fully saturated rings. The van der Waals surface area contributed by atoms with E-state index in [1.165, 1.54) is 6.07 Å². The van der Waals surface area contributed by atoms with Crippen molar-refractivity contribution in [3.8, 4) is 0 Å². The third-order valence-electron chi connectivity index (χ3n) is 3.33. The first-order valence-electron chi connectivity index (χ1n) is 6.16. The standard InChI is InChI=1S/C16H16F2O/c1-10-3-5-13(7-11(10)2)16(19)9-12-4-6-14(17)15(18)8-12/h3-8,16,19H,9H2,1-2H3. The summed E-state index contributed by atoms with van der Waals surface area (Å²) >= 11 is 0. The molecule has 0 radical (unpaired) electrons. The molecule has 2 aromatic rings. The fourth-order valence-electron chi connectivity index (χ4n) is 1.98. The molecule has 100 valence electrons. The molecule has 2 rings (SSSR count). The van der Waals surface area contributed by atoms with Crippen LogP contribution in [0, 0.1) is 25.5 Å². The van der Waals surface area contributed by atoms with Crippen molar-refractivity contribution >= 4 is 0 Å². The molecule has 0 aliphatic rings. The van der Waals surface area contributed by atoms with Crippen molar-refractivity contribution in [2.75, 3.05) is 0 Å². The highest BCUT2D eigenvalue weighted by molar-refractivity contribution is 5.32. The summed E-state index contributed by atoms with van der Waals surface area (Å²) < 4.78 is 25.9. The first-order chi connectivity index (χ1) is 8.97. The molecule has 2 aromatic carbocycles. The van der Waals surface area contributed by atoms with Gasteiger partial charge in [-0.2, -0.15) is 0 Å². The zero-order valence-corrected chi connectivity index (χ0v) is 11.0. The van der Waals surface area contributed by atoms with Gasteiger partial charge in [0.05, 0.1) is 6.10 Å². The Labute approximate surface area is 111 Å². The molecule has 0 aromatic heterocycles. The van der Waals surface area contributed by atoms with Crippen LogP contribution in [0.5, 0.6) is 0 Å². The molecule has 19 heavy (non-hydrogen) atoms. The predicted molar refractivity (Wildman–Crippen MR) is 70.9 cm³/mol. The zero-order chi connectivity index (χ0) is 14.0. The number of benzene rings is 2. The maximum atomic E-state index is 13.1. The van der Waals surface area contributed by atoms with E-state index in [0.717, 1.165) is 28.8 Å². The second-order valence-corrected chi connectivity index (χ2v) is 4.81. The molecule has 0 aliphatic heterocycles. The van der Waals surface area contributed by atoms with Crippen molar-refractivity contribution in [3.05, 3.63) is 70.3 Å². The van der Waals surface area contributed by atoms with Gasteiger partial charge in [-0.3, -0.25) is 0 Å². The van der Waals surface area contributed by atoms with E-state index in [4.69, 9.17) is 0 Å². The summed E-state index contributed by atoms with van der Waals surface area (Å²) in [4.78, 5) is 0. The van der Waals surface area contributed by atoms with Gasteiger partial charge in [-0.1, -0.05) is 24.3 Å². The second-order valence-electron chi connectivity index (χ2n) is 4.81. The highest BCUT2D eigenvalue weighted by atomic mass is 19.2. The summed E-state index contributed by atoms with van der Waals surface area (Å²) in [6, 6.07) is 9.41. The molecule has 0 spiro atoms. The van der Waals surface area contributed by atoms with Crippen LogP contribution < -0.4 is 0 Å². The van der Waals surface area contributed by atoms with Crippen molar-refractivity contribution in [2.45, 2.75) is 26.4 Å². The van der Waals surface area contributed by atoms with E-state index in [-0.39, 0.29) is 6.42 Å². The van der Waals surface area contributed by atoms with E-state index in [1.54, 1.807) is 0 Å². The van der Waals surface area contributed by atoms with Crippen LogP contribution in [0.1, 0.15) is 28.4 Å². The van der Waals surface area contributed by atoms with Gasteiger partial charge < -0.3 is 5.11 Å². The molecule has 0 amide bonds. The summed E-state index contributed by atoms with van der Waals surface area (Å²) in [6.07, 6.45) is -0.455. The highest BCUT2D eigenvalue weighted by Crippen LogP contribution is 2.21. The largest absolute Gasteiger partial charge is 0.388 e. The molecule has 1 unspecified atom stereocenters. The van der Waals surface area contributed by atoms with E-state index < -0.39 is 17.7 Å². The van der Waals surface area contributed by atoms with Gasteiger partial charge in [0.2, 0.25) is 0 Å². The minimum absolute atomic E-state index is 0.264. The lowest BCUT2D eigenvalue weighted by Gasteiger charge is -2.13. The fraction of sp³-hybridized carbons (Fsp3) is 0.250. The predicted octanol–water partition coefficient (Wildman–Crippen LogP) is 3.86. The summed E-state index contributed by atoms with van der Waals surface area (Å²) in [5.41, 5.74) is 3.61. The Hall–Kier alpha value is -1.74. The quantitative estimate of drug-likeness (QED) is 0.890. The summed E-state index contributed by atoms with van der Waals surface area (Å²) in [5, 5.41) is 10.1. The Bertz CT molecular complexity index is 593. The molecular formula is C16H16F2O. The lowest BCUT2D eigenvalue weighted by molar-refractivity contribution is 0.178. The molecule has 0 bridgehead atoms. The molecule has 1 nitrogen and oxygen atoms in total.